The Kier molecular flexibility index (Phi) is 5.52. The first kappa shape index (κ1) is 18.7. The number of hydrogen-bond acceptors (Lipinski definition) is 2. The molecule has 2 aliphatic carbocycles. The molecule has 0 amide bonds. The van der Waals surface area contributed by atoms with Gasteiger partial charge in [0, 0.05) is 5.92 Å². The number of aliphatic hydroxyl groups excluding tert-OH is 1. The smallest absolute Gasteiger partial charge is 0.114 e. The molecule has 2 nitrogen and oxygen atoms in total. The highest BCUT2D eigenvalue weighted by Crippen LogP contribution is 2.46. The average molecular weight is 351 g/mol. The van der Waals surface area contributed by atoms with Gasteiger partial charge in [-0.3, -0.25) is 0 Å². The molecule has 2 unspecified atom stereocenters. The third-order valence-corrected chi connectivity index (χ3v) is 5.84. The molecule has 0 spiro atoms. The summed E-state index contributed by atoms with van der Waals surface area (Å²) in [7, 11) is 0. The van der Waals surface area contributed by atoms with Gasteiger partial charge < -0.3 is 10.2 Å². The third kappa shape index (κ3) is 3.86. The maximum atomic E-state index is 11.5. The summed E-state index contributed by atoms with van der Waals surface area (Å²) < 4.78 is 0. The summed E-state index contributed by atoms with van der Waals surface area (Å²) in [6.45, 7) is 8.08. The first-order valence-corrected chi connectivity index (χ1v) is 9.62. The Morgan fingerprint density at radius 3 is 2.62 bits per heavy atom. The molecule has 1 aromatic carbocycles. The topological polar surface area (TPSA) is 40.5 Å². The van der Waals surface area contributed by atoms with Crippen LogP contribution in [-0.2, 0) is 6.42 Å². The highest BCUT2D eigenvalue weighted by Gasteiger charge is 2.44. The maximum Gasteiger partial charge on any atom is 0.114 e. The molecule has 0 saturated carbocycles. The van der Waals surface area contributed by atoms with Gasteiger partial charge in [-0.1, -0.05) is 54.1 Å². The zero-order chi connectivity index (χ0) is 18.7. The molecule has 1 aromatic rings. The van der Waals surface area contributed by atoms with E-state index in [1.54, 1.807) is 6.08 Å². The number of aryl methyl sites for hydroxylation is 1. The van der Waals surface area contributed by atoms with Crippen molar-refractivity contribution in [1.82, 2.24) is 0 Å². The van der Waals surface area contributed by atoms with E-state index in [0.717, 1.165) is 37.7 Å². The summed E-state index contributed by atoms with van der Waals surface area (Å²) in [6.07, 6.45) is 10.9. The lowest BCUT2D eigenvalue weighted by Crippen LogP contribution is -2.44. The minimum absolute atomic E-state index is 0.0603. The molecule has 0 aliphatic heterocycles. The molecule has 0 fully saturated rings. The highest BCUT2D eigenvalue weighted by molar-refractivity contribution is 5.41. The SMILES string of the molecule is C=C(C)C1(O)C=C(O)C=C(CCc2ccccc2)[C@H]1C1C=C(C)CCC1. The number of allylic oxidation sites excluding steroid dienone is 3. The normalized spacial score (nSPS) is 28.8. The molecule has 26 heavy (non-hydrogen) atoms. The van der Waals surface area contributed by atoms with E-state index in [2.05, 4.69) is 43.8 Å². The quantitative estimate of drug-likeness (QED) is 0.672. The van der Waals surface area contributed by atoms with Crippen molar-refractivity contribution in [2.45, 2.75) is 51.6 Å². The van der Waals surface area contributed by atoms with E-state index in [-0.39, 0.29) is 17.6 Å². The molecule has 2 aliphatic rings. The van der Waals surface area contributed by atoms with Crippen molar-refractivity contribution < 1.29 is 10.2 Å². The number of rotatable bonds is 5. The van der Waals surface area contributed by atoms with Crippen molar-refractivity contribution in [3.63, 3.8) is 0 Å². The molecule has 0 bridgehead atoms. The van der Waals surface area contributed by atoms with Crippen molar-refractivity contribution >= 4 is 0 Å². The summed E-state index contributed by atoms with van der Waals surface area (Å²) in [5, 5.41) is 21.8. The number of hydrogen-bond donors (Lipinski definition) is 2. The first-order chi connectivity index (χ1) is 12.4. The van der Waals surface area contributed by atoms with Crippen LogP contribution < -0.4 is 0 Å². The molecule has 2 heteroatoms. The Morgan fingerprint density at radius 2 is 1.96 bits per heavy atom. The Labute approximate surface area is 157 Å². The summed E-state index contributed by atoms with van der Waals surface area (Å²) in [6, 6.07) is 10.4. The second-order valence-corrected chi connectivity index (χ2v) is 7.93. The van der Waals surface area contributed by atoms with Crippen molar-refractivity contribution in [2.75, 3.05) is 0 Å². The largest absolute Gasteiger partial charge is 0.508 e. The van der Waals surface area contributed by atoms with E-state index in [1.165, 1.54) is 11.1 Å². The van der Waals surface area contributed by atoms with Crippen molar-refractivity contribution in [3.8, 4) is 0 Å². The summed E-state index contributed by atoms with van der Waals surface area (Å²) in [4.78, 5) is 0. The lowest BCUT2D eigenvalue weighted by Gasteiger charge is -2.43. The Morgan fingerprint density at radius 1 is 1.23 bits per heavy atom. The second kappa shape index (κ2) is 7.67. The second-order valence-electron chi connectivity index (χ2n) is 7.93. The van der Waals surface area contributed by atoms with Crippen LogP contribution in [0.5, 0.6) is 0 Å². The Hall–Kier alpha value is -2.06. The summed E-state index contributed by atoms with van der Waals surface area (Å²) >= 11 is 0. The van der Waals surface area contributed by atoms with Gasteiger partial charge in [-0.2, -0.15) is 0 Å². The Balaban J connectivity index is 1.94. The molecule has 0 heterocycles. The number of benzene rings is 1. The predicted molar refractivity (Wildman–Crippen MR) is 108 cm³/mol. The molecular weight excluding hydrogens is 320 g/mol. The lowest BCUT2D eigenvalue weighted by atomic mass is 9.64. The van der Waals surface area contributed by atoms with Crippen LogP contribution in [0.1, 0.15) is 45.1 Å². The molecule has 138 valence electrons. The fraction of sp³-hybridized carbons (Fsp3) is 0.417. The van der Waals surface area contributed by atoms with Gasteiger partial charge >= 0.3 is 0 Å². The zero-order valence-corrected chi connectivity index (χ0v) is 15.9. The average Bonchev–Trinajstić information content (AvgIpc) is 2.60. The minimum atomic E-state index is -1.19. The molecule has 3 rings (SSSR count). The standard InChI is InChI=1S/C24H30O2/c1-17(2)24(26)16-22(25)15-21(13-12-19-9-5-4-6-10-19)23(24)20-11-7-8-18(3)14-20/h4-6,9-10,14-16,20,23,25-26H,1,7-8,11-13H2,2-3H3/t20?,23-,24?/m1/s1. The number of aliphatic hydroxyl groups is 2. The van der Waals surface area contributed by atoms with Crippen LogP contribution in [0.2, 0.25) is 0 Å². The van der Waals surface area contributed by atoms with Crippen LogP contribution in [-0.4, -0.2) is 15.8 Å². The van der Waals surface area contributed by atoms with Crippen LogP contribution in [0, 0.1) is 11.8 Å². The molecule has 0 radical (unpaired) electrons. The monoisotopic (exact) mass is 350 g/mol. The maximum absolute atomic E-state index is 11.5. The van der Waals surface area contributed by atoms with Crippen LogP contribution in [0.15, 0.2) is 77.6 Å². The fourth-order valence-electron chi connectivity index (χ4n) is 4.48. The van der Waals surface area contributed by atoms with Gasteiger partial charge in [0.25, 0.3) is 0 Å². The molecule has 3 atom stereocenters. The van der Waals surface area contributed by atoms with E-state index >= 15 is 0 Å². The highest BCUT2D eigenvalue weighted by atomic mass is 16.3. The van der Waals surface area contributed by atoms with E-state index < -0.39 is 5.60 Å². The molecule has 2 N–H and O–H groups in total. The van der Waals surface area contributed by atoms with Gasteiger partial charge in [0.1, 0.15) is 11.4 Å². The van der Waals surface area contributed by atoms with E-state index in [4.69, 9.17) is 0 Å². The van der Waals surface area contributed by atoms with Gasteiger partial charge in [0.15, 0.2) is 0 Å². The fourth-order valence-corrected chi connectivity index (χ4v) is 4.48. The van der Waals surface area contributed by atoms with Crippen LogP contribution in [0.25, 0.3) is 0 Å². The lowest BCUT2D eigenvalue weighted by molar-refractivity contribution is 0.0497. The zero-order valence-electron chi connectivity index (χ0n) is 15.9. The van der Waals surface area contributed by atoms with Crippen LogP contribution in [0.3, 0.4) is 0 Å². The predicted octanol–water partition coefficient (Wildman–Crippen LogP) is 5.67. The van der Waals surface area contributed by atoms with Gasteiger partial charge in [-0.15, -0.1) is 0 Å². The van der Waals surface area contributed by atoms with E-state index in [1.807, 2.05) is 19.1 Å². The van der Waals surface area contributed by atoms with Crippen molar-refractivity contribution in [2.24, 2.45) is 11.8 Å². The molecule has 0 saturated heterocycles. The van der Waals surface area contributed by atoms with Gasteiger partial charge in [0.05, 0.1) is 0 Å². The summed E-state index contributed by atoms with van der Waals surface area (Å²) in [5.74, 6) is 0.359. The van der Waals surface area contributed by atoms with Crippen LogP contribution >= 0.6 is 0 Å². The van der Waals surface area contributed by atoms with E-state index in [9.17, 15) is 10.2 Å². The van der Waals surface area contributed by atoms with E-state index in [0.29, 0.717) is 5.57 Å². The van der Waals surface area contributed by atoms with Gasteiger partial charge in [-0.05, 0) is 75.2 Å². The molecular formula is C24H30O2. The summed E-state index contributed by atoms with van der Waals surface area (Å²) in [5.41, 5.74) is 3.29. The minimum Gasteiger partial charge on any atom is -0.508 e. The first-order valence-electron chi connectivity index (χ1n) is 9.62. The van der Waals surface area contributed by atoms with Gasteiger partial charge in [-0.25, -0.2) is 0 Å². The third-order valence-electron chi connectivity index (χ3n) is 5.84. The van der Waals surface area contributed by atoms with Crippen molar-refractivity contribution in [3.05, 3.63) is 83.2 Å². The van der Waals surface area contributed by atoms with Gasteiger partial charge in [0.2, 0.25) is 0 Å². The molecule has 0 aromatic heterocycles. The van der Waals surface area contributed by atoms with Crippen molar-refractivity contribution in [1.29, 1.82) is 0 Å². The van der Waals surface area contributed by atoms with Crippen LogP contribution in [0.4, 0.5) is 0 Å². The Bertz CT molecular complexity index is 754.